The number of nitrogens with zero attached hydrogens (tertiary/aromatic N) is 3. The Balaban J connectivity index is 1.56. The van der Waals surface area contributed by atoms with Crippen molar-refractivity contribution in [2.24, 2.45) is 0 Å². The Morgan fingerprint density at radius 2 is 1.94 bits per heavy atom. The molecule has 2 aromatic carbocycles. The summed E-state index contributed by atoms with van der Waals surface area (Å²) in [4.78, 5) is 33.4. The predicted molar refractivity (Wildman–Crippen MR) is 116 cm³/mol. The van der Waals surface area contributed by atoms with Crippen LogP contribution in [0.15, 0.2) is 67.3 Å². The van der Waals surface area contributed by atoms with Gasteiger partial charge in [0.05, 0.1) is 25.5 Å². The Bertz CT molecular complexity index is 1330. The zero-order valence-electron chi connectivity index (χ0n) is 17.1. The molecule has 1 aliphatic heterocycles. The molecule has 1 atom stereocenters. The SMILES string of the molecule is COc1ccc2cn(C[C@]3(c4ccc(-c5cnccn5)cc4)NC(=O)NC3=O)c(O)c2c1. The molecule has 1 saturated heterocycles. The first-order chi connectivity index (χ1) is 15.5. The van der Waals surface area contributed by atoms with E-state index < -0.39 is 17.5 Å². The number of aromatic hydroxyl groups is 1. The number of hydrogen-bond acceptors (Lipinski definition) is 6. The fourth-order valence-corrected chi connectivity index (χ4v) is 4.00. The van der Waals surface area contributed by atoms with Crippen LogP contribution in [0, 0.1) is 0 Å². The van der Waals surface area contributed by atoms with E-state index in [1.165, 1.54) is 0 Å². The standard InChI is InChI=1S/C23H19N5O4/c1-32-17-7-4-15-12-28(20(29)18(15)10-17)13-23(21(30)26-22(31)27-23)16-5-2-14(3-6-16)19-11-24-8-9-25-19/h2-12,29H,13H2,1H3,(H2,26,27,30,31)/t23-/m1/s1. The lowest BCUT2D eigenvalue weighted by molar-refractivity contribution is -0.124. The minimum absolute atomic E-state index is 0.00209. The van der Waals surface area contributed by atoms with E-state index in [1.54, 1.807) is 60.7 Å². The van der Waals surface area contributed by atoms with Crippen LogP contribution in [-0.4, -0.2) is 38.7 Å². The van der Waals surface area contributed by atoms with E-state index in [-0.39, 0.29) is 12.4 Å². The number of ether oxygens (including phenoxy) is 1. The van der Waals surface area contributed by atoms with Crippen LogP contribution in [0.3, 0.4) is 0 Å². The van der Waals surface area contributed by atoms with Crippen LogP contribution in [0.1, 0.15) is 5.56 Å². The van der Waals surface area contributed by atoms with Crippen LogP contribution < -0.4 is 15.4 Å². The Kier molecular flexibility index (Phi) is 4.51. The number of benzene rings is 2. The maximum atomic E-state index is 13.0. The fraction of sp³-hybridized carbons (Fsp3) is 0.130. The van der Waals surface area contributed by atoms with Crippen LogP contribution in [0.5, 0.6) is 11.6 Å². The van der Waals surface area contributed by atoms with Gasteiger partial charge in [0.1, 0.15) is 5.75 Å². The number of urea groups is 1. The Morgan fingerprint density at radius 1 is 1.12 bits per heavy atom. The second kappa shape index (κ2) is 7.38. The topological polar surface area (TPSA) is 118 Å². The van der Waals surface area contributed by atoms with Gasteiger partial charge < -0.3 is 19.7 Å². The molecule has 1 fully saturated rings. The van der Waals surface area contributed by atoms with E-state index in [0.29, 0.717) is 22.4 Å². The average molecular weight is 429 g/mol. The zero-order chi connectivity index (χ0) is 22.3. The quantitative estimate of drug-likeness (QED) is 0.420. The summed E-state index contributed by atoms with van der Waals surface area (Å²) in [6.45, 7) is -0.00209. The number of carbonyl (C=O) groups excluding carboxylic acids is 2. The molecule has 3 N–H and O–H groups in total. The van der Waals surface area contributed by atoms with E-state index in [0.717, 1.165) is 10.9 Å². The van der Waals surface area contributed by atoms with Gasteiger partial charge in [-0.15, -0.1) is 0 Å². The van der Waals surface area contributed by atoms with E-state index >= 15 is 0 Å². The van der Waals surface area contributed by atoms with Gasteiger partial charge in [0.15, 0.2) is 11.4 Å². The molecule has 2 aromatic heterocycles. The molecule has 0 bridgehead atoms. The van der Waals surface area contributed by atoms with Crippen molar-refractivity contribution in [3.8, 4) is 22.9 Å². The molecule has 0 saturated carbocycles. The summed E-state index contributed by atoms with van der Waals surface area (Å²) >= 11 is 0. The molecule has 1 aliphatic rings. The van der Waals surface area contributed by atoms with Gasteiger partial charge in [0, 0.05) is 34.9 Å². The third kappa shape index (κ3) is 3.11. The Labute approximate surface area is 182 Å². The monoisotopic (exact) mass is 429 g/mol. The van der Waals surface area contributed by atoms with Crippen molar-refractivity contribution < 1.29 is 19.4 Å². The number of nitrogens with one attached hydrogen (secondary N) is 2. The van der Waals surface area contributed by atoms with Gasteiger partial charge in [0.25, 0.3) is 5.91 Å². The summed E-state index contributed by atoms with van der Waals surface area (Å²) in [7, 11) is 1.55. The van der Waals surface area contributed by atoms with Crippen molar-refractivity contribution in [3.63, 3.8) is 0 Å². The van der Waals surface area contributed by atoms with E-state index in [4.69, 9.17) is 4.74 Å². The lowest BCUT2D eigenvalue weighted by atomic mass is 9.89. The number of imide groups is 1. The maximum Gasteiger partial charge on any atom is 0.322 e. The van der Waals surface area contributed by atoms with Gasteiger partial charge in [-0.1, -0.05) is 24.3 Å². The van der Waals surface area contributed by atoms with Gasteiger partial charge in [-0.3, -0.25) is 20.1 Å². The largest absolute Gasteiger partial charge is 0.497 e. The number of carbonyl (C=O) groups is 2. The molecule has 0 unspecified atom stereocenters. The number of amides is 3. The Hall–Kier alpha value is -4.40. The average Bonchev–Trinajstić information content (AvgIpc) is 3.29. The van der Waals surface area contributed by atoms with Crippen molar-refractivity contribution in [1.82, 2.24) is 25.2 Å². The lowest BCUT2D eigenvalue weighted by Crippen LogP contribution is -2.47. The van der Waals surface area contributed by atoms with Crippen molar-refractivity contribution in [1.29, 1.82) is 0 Å². The van der Waals surface area contributed by atoms with Crippen LogP contribution in [0.25, 0.3) is 22.0 Å². The molecule has 5 rings (SSSR count). The molecule has 32 heavy (non-hydrogen) atoms. The summed E-state index contributed by atoms with van der Waals surface area (Å²) in [6.07, 6.45) is 6.57. The summed E-state index contributed by atoms with van der Waals surface area (Å²) in [6, 6.07) is 11.9. The molecular formula is C23H19N5O4. The highest BCUT2D eigenvalue weighted by molar-refractivity contribution is 6.07. The first-order valence-electron chi connectivity index (χ1n) is 9.86. The van der Waals surface area contributed by atoms with Crippen LogP contribution in [0.4, 0.5) is 4.79 Å². The third-order valence-corrected chi connectivity index (χ3v) is 5.65. The predicted octanol–water partition coefficient (Wildman–Crippen LogP) is 2.55. The second-order valence-electron chi connectivity index (χ2n) is 7.52. The zero-order valence-corrected chi connectivity index (χ0v) is 17.1. The van der Waals surface area contributed by atoms with Crippen molar-refractivity contribution in [2.75, 3.05) is 7.11 Å². The van der Waals surface area contributed by atoms with Crippen LogP contribution in [0.2, 0.25) is 0 Å². The maximum absolute atomic E-state index is 13.0. The van der Waals surface area contributed by atoms with Crippen LogP contribution >= 0.6 is 0 Å². The molecule has 0 spiro atoms. The third-order valence-electron chi connectivity index (χ3n) is 5.65. The minimum Gasteiger partial charge on any atom is -0.497 e. The van der Waals surface area contributed by atoms with E-state index in [9.17, 15) is 14.7 Å². The second-order valence-corrected chi connectivity index (χ2v) is 7.52. The molecule has 0 radical (unpaired) electrons. The first-order valence-corrected chi connectivity index (χ1v) is 9.86. The van der Waals surface area contributed by atoms with Gasteiger partial charge in [-0.05, 0) is 23.8 Å². The smallest absolute Gasteiger partial charge is 0.322 e. The summed E-state index contributed by atoms with van der Waals surface area (Å²) in [5.41, 5.74) is 0.692. The summed E-state index contributed by atoms with van der Waals surface area (Å²) in [5.74, 6) is 0.0830. The highest BCUT2D eigenvalue weighted by Gasteiger charge is 2.48. The van der Waals surface area contributed by atoms with Gasteiger partial charge >= 0.3 is 6.03 Å². The minimum atomic E-state index is -1.39. The molecule has 3 heterocycles. The van der Waals surface area contributed by atoms with E-state index in [2.05, 4.69) is 20.6 Å². The number of fused-ring (bicyclic) bond motifs is 1. The lowest BCUT2D eigenvalue weighted by Gasteiger charge is -2.27. The van der Waals surface area contributed by atoms with Gasteiger partial charge in [-0.25, -0.2) is 4.79 Å². The highest BCUT2D eigenvalue weighted by Crippen LogP contribution is 2.35. The summed E-state index contributed by atoms with van der Waals surface area (Å²) < 4.78 is 6.78. The van der Waals surface area contributed by atoms with Crippen molar-refractivity contribution in [3.05, 3.63) is 72.8 Å². The first kappa shape index (κ1) is 19.6. The molecule has 9 nitrogen and oxygen atoms in total. The number of hydrogen-bond donors (Lipinski definition) is 3. The summed E-state index contributed by atoms with van der Waals surface area (Å²) in [5, 5.41) is 17.3. The normalized spacial score (nSPS) is 17.9. The van der Waals surface area contributed by atoms with Crippen LogP contribution in [-0.2, 0) is 16.9 Å². The number of aromatic nitrogens is 3. The Morgan fingerprint density at radius 3 is 2.59 bits per heavy atom. The van der Waals surface area contributed by atoms with E-state index in [1.807, 2.05) is 18.2 Å². The van der Waals surface area contributed by atoms with Crippen molar-refractivity contribution in [2.45, 2.75) is 12.1 Å². The van der Waals surface area contributed by atoms with Crippen molar-refractivity contribution >= 4 is 22.7 Å². The highest BCUT2D eigenvalue weighted by atomic mass is 16.5. The molecule has 9 heteroatoms. The fourth-order valence-electron chi connectivity index (χ4n) is 4.00. The molecule has 4 aromatic rings. The number of methoxy groups -OCH3 is 1. The van der Waals surface area contributed by atoms with Gasteiger partial charge in [-0.2, -0.15) is 0 Å². The number of rotatable bonds is 5. The molecule has 0 aliphatic carbocycles. The molecular weight excluding hydrogens is 410 g/mol. The van der Waals surface area contributed by atoms with Gasteiger partial charge in [0.2, 0.25) is 0 Å². The molecule has 3 amide bonds. The molecule has 160 valence electrons.